The van der Waals surface area contributed by atoms with E-state index in [0.717, 1.165) is 22.4 Å². The van der Waals surface area contributed by atoms with Crippen LogP contribution in [0.5, 0.6) is 0 Å². The van der Waals surface area contributed by atoms with Gasteiger partial charge in [-0.1, -0.05) is 67.6 Å². The number of benzene rings is 2. The van der Waals surface area contributed by atoms with Crippen LogP contribution in [0.3, 0.4) is 0 Å². The Balaban J connectivity index is 1.65. The van der Waals surface area contributed by atoms with Gasteiger partial charge < -0.3 is 5.32 Å². The van der Waals surface area contributed by atoms with E-state index in [1.165, 1.54) is 12.5 Å². The summed E-state index contributed by atoms with van der Waals surface area (Å²) in [5.74, 6) is -0.227. The molecule has 0 aliphatic carbocycles. The first kappa shape index (κ1) is 21.9. The number of hydrogen-bond acceptors (Lipinski definition) is 4. The highest BCUT2D eigenvalue weighted by atomic mass is 32.1. The van der Waals surface area contributed by atoms with Crippen molar-refractivity contribution in [2.45, 2.75) is 38.8 Å². The Kier molecular flexibility index (Phi) is 7.94. The number of thiophene rings is 1. The first-order chi connectivity index (χ1) is 14.6. The minimum absolute atomic E-state index is 0.0443. The van der Waals surface area contributed by atoms with Crippen LogP contribution in [0.1, 0.15) is 41.5 Å². The van der Waals surface area contributed by atoms with Gasteiger partial charge in [-0.3, -0.25) is 14.9 Å². The van der Waals surface area contributed by atoms with Gasteiger partial charge in [0.1, 0.15) is 0 Å². The molecule has 0 radical (unpaired) electrons. The number of aryl methyl sites for hydroxylation is 1. The van der Waals surface area contributed by atoms with Gasteiger partial charge in [0.2, 0.25) is 5.91 Å². The van der Waals surface area contributed by atoms with Crippen LogP contribution in [0, 0.1) is 0 Å². The van der Waals surface area contributed by atoms with Crippen molar-refractivity contribution in [3.05, 3.63) is 93.7 Å². The zero-order chi connectivity index (χ0) is 21.3. The maximum Gasteiger partial charge on any atom is 0.234 e. The fraction of sp³-hybridized carbons (Fsp3) is 0.280. The lowest BCUT2D eigenvalue weighted by Gasteiger charge is -2.20. The van der Waals surface area contributed by atoms with Gasteiger partial charge in [0.05, 0.1) is 18.6 Å². The Morgan fingerprint density at radius 3 is 2.27 bits per heavy atom. The largest absolute Gasteiger partial charge is 0.345 e. The summed E-state index contributed by atoms with van der Waals surface area (Å²) in [5, 5.41) is 8.30. The fourth-order valence-electron chi connectivity index (χ4n) is 3.37. The van der Waals surface area contributed by atoms with E-state index in [1.54, 1.807) is 11.3 Å². The average molecular weight is 421 g/mol. The summed E-state index contributed by atoms with van der Waals surface area (Å²) < 4.78 is 0. The maximum atomic E-state index is 12.6. The Hall–Kier alpha value is -2.76. The molecule has 0 saturated carbocycles. The molecule has 4 nitrogen and oxygen atoms in total. The number of rotatable bonds is 10. The van der Waals surface area contributed by atoms with Crippen LogP contribution in [-0.4, -0.2) is 24.3 Å². The summed E-state index contributed by atoms with van der Waals surface area (Å²) >= 11 is 1.66. The normalized spacial score (nSPS) is 12.9. The predicted molar refractivity (Wildman–Crippen MR) is 123 cm³/mol. The Morgan fingerprint density at radius 2 is 1.67 bits per heavy atom. The molecule has 2 N–H and O–H groups in total. The number of Topliss-reactive ketones (excluding diaryl/α,β-unsaturated/α-hetero) is 1. The van der Waals surface area contributed by atoms with Crippen molar-refractivity contribution in [3.63, 3.8) is 0 Å². The number of carbonyl (C=O) groups is 2. The van der Waals surface area contributed by atoms with Gasteiger partial charge in [0, 0.05) is 4.88 Å². The lowest BCUT2D eigenvalue weighted by atomic mass is 10.0. The highest BCUT2D eigenvalue weighted by Crippen LogP contribution is 2.26. The smallest absolute Gasteiger partial charge is 0.234 e. The quantitative estimate of drug-likeness (QED) is 0.514. The molecule has 3 rings (SSSR count). The third-order valence-electron chi connectivity index (χ3n) is 5.12. The lowest BCUT2D eigenvalue weighted by molar-refractivity contribution is -0.126. The second kappa shape index (κ2) is 10.9. The summed E-state index contributed by atoms with van der Waals surface area (Å²) in [6.45, 7) is 3.79. The number of hydrogen-bond donors (Lipinski definition) is 2. The first-order valence-corrected chi connectivity index (χ1v) is 11.1. The molecular weight excluding hydrogens is 392 g/mol. The van der Waals surface area contributed by atoms with E-state index in [9.17, 15) is 9.59 Å². The standard InChI is InChI=1S/C25H28N2O2S/c1-3-19-11-13-21(14-12-19)25(23-10-7-15-30-23)26-17-24(29)27-22(18(2)28)16-20-8-5-4-6-9-20/h4-15,22,25-26H,3,16-17H2,1-2H3,(H,27,29)/t22-,25+/m1/s1. The van der Waals surface area contributed by atoms with Crippen LogP contribution in [0.2, 0.25) is 0 Å². The van der Waals surface area contributed by atoms with E-state index in [1.807, 2.05) is 41.8 Å². The molecule has 1 amide bonds. The molecule has 5 heteroatoms. The molecular formula is C25H28N2O2S. The molecule has 3 aromatic rings. The van der Waals surface area contributed by atoms with Crippen molar-refractivity contribution in [3.8, 4) is 0 Å². The fourth-order valence-corrected chi connectivity index (χ4v) is 4.20. The van der Waals surface area contributed by atoms with Crippen molar-refractivity contribution in [1.29, 1.82) is 0 Å². The molecule has 0 saturated heterocycles. The molecule has 1 heterocycles. The maximum absolute atomic E-state index is 12.6. The highest BCUT2D eigenvalue weighted by Gasteiger charge is 2.20. The second-order valence-corrected chi connectivity index (χ2v) is 8.32. The van der Waals surface area contributed by atoms with Gasteiger partial charge in [-0.25, -0.2) is 0 Å². The third kappa shape index (κ3) is 6.12. The lowest BCUT2D eigenvalue weighted by Crippen LogP contribution is -2.45. The molecule has 0 aliphatic rings. The molecule has 0 spiro atoms. The minimum Gasteiger partial charge on any atom is -0.345 e. The Morgan fingerprint density at radius 1 is 0.933 bits per heavy atom. The molecule has 0 aliphatic heterocycles. The van der Waals surface area contributed by atoms with Gasteiger partial charge in [-0.2, -0.15) is 0 Å². The van der Waals surface area contributed by atoms with Crippen molar-refractivity contribution < 1.29 is 9.59 Å². The third-order valence-corrected chi connectivity index (χ3v) is 6.06. The summed E-state index contributed by atoms with van der Waals surface area (Å²) in [4.78, 5) is 25.8. The van der Waals surface area contributed by atoms with Crippen LogP contribution in [0.15, 0.2) is 72.1 Å². The van der Waals surface area contributed by atoms with E-state index < -0.39 is 6.04 Å². The number of amides is 1. The first-order valence-electron chi connectivity index (χ1n) is 10.3. The Labute approximate surface area is 182 Å². The molecule has 0 fully saturated rings. The Bertz CT molecular complexity index is 937. The van der Waals surface area contributed by atoms with E-state index in [-0.39, 0.29) is 24.3 Å². The monoisotopic (exact) mass is 420 g/mol. The van der Waals surface area contributed by atoms with Crippen LogP contribution in [-0.2, 0) is 22.4 Å². The van der Waals surface area contributed by atoms with Crippen LogP contribution < -0.4 is 10.6 Å². The number of ketones is 1. The zero-order valence-corrected chi connectivity index (χ0v) is 18.2. The van der Waals surface area contributed by atoms with Gasteiger partial charge in [0.25, 0.3) is 0 Å². The van der Waals surface area contributed by atoms with E-state index in [4.69, 9.17) is 0 Å². The summed E-state index contributed by atoms with van der Waals surface area (Å²) in [6, 6.07) is 21.7. The average Bonchev–Trinajstić information content (AvgIpc) is 3.29. The van der Waals surface area contributed by atoms with Gasteiger partial charge >= 0.3 is 0 Å². The predicted octanol–water partition coefficient (Wildman–Crippen LogP) is 4.31. The molecule has 0 unspecified atom stereocenters. The molecule has 2 aromatic carbocycles. The molecule has 1 aromatic heterocycles. The summed E-state index contributed by atoms with van der Waals surface area (Å²) in [7, 11) is 0. The van der Waals surface area contributed by atoms with Gasteiger partial charge in [-0.15, -0.1) is 11.3 Å². The molecule has 156 valence electrons. The van der Waals surface area contributed by atoms with Crippen LogP contribution in [0.4, 0.5) is 0 Å². The highest BCUT2D eigenvalue weighted by molar-refractivity contribution is 7.10. The molecule has 0 bridgehead atoms. The van der Waals surface area contributed by atoms with Gasteiger partial charge in [-0.05, 0) is 47.9 Å². The van der Waals surface area contributed by atoms with E-state index in [2.05, 4.69) is 47.9 Å². The second-order valence-electron chi connectivity index (χ2n) is 7.34. The molecule has 2 atom stereocenters. The summed E-state index contributed by atoms with van der Waals surface area (Å²) in [5.41, 5.74) is 3.43. The van der Waals surface area contributed by atoms with Crippen LogP contribution in [0.25, 0.3) is 0 Å². The van der Waals surface area contributed by atoms with Crippen molar-refractivity contribution >= 4 is 23.0 Å². The van der Waals surface area contributed by atoms with E-state index >= 15 is 0 Å². The molecule has 30 heavy (non-hydrogen) atoms. The van der Waals surface area contributed by atoms with Gasteiger partial charge in [0.15, 0.2) is 5.78 Å². The number of nitrogens with one attached hydrogen (secondary N) is 2. The zero-order valence-electron chi connectivity index (χ0n) is 17.4. The van der Waals surface area contributed by atoms with Crippen LogP contribution >= 0.6 is 11.3 Å². The van der Waals surface area contributed by atoms with Crippen molar-refractivity contribution in [2.75, 3.05) is 6.54 Å². The topological polar surface area (TPSA) is 58.2 Å². The van der Waals surface area contributed by atoms with Crippen molar-refractivity contribution in [1.82, 2.24) is 10.6 Å². The minimum atomic E-state index is -0.522. The summed E-state index contributed by atoms with van der Waals surface area (Å²) in [6.07, 6.45) is 1.49. The van der Waals surface area contributed by atoms with E-state index in [0.29, 0.717) is 6.42 Å². The van der Waals surface area contributed by atoms with Crippen molar-refractivity contribution in [2.24, 2.45) is 0 Å². The SMILES string of the molecule is CCc1ccc([C@H](NCC(=O)N[C@H](Cc2ccccc2)C(C)=O)c2cccs2)cc1. The number of carbonyl (C=O) groups excluding carboxylic acids is 2.